The number of nitrogens with one attached hydrogen (secondary N) is 2. The Labute approximate surface area is 176 Å². The van der Waals surface area contributed by atoms with Gasteiger partial charge in [0.05, 0.1) is 17.1 Å². The number of hydrogen-bond donors (Lipinski definition) is 2. The maximum Gasteiger partial charge on any atom is 0.228 e. The molecule has 0 aliphatic rings. The van der Waals surface area contributed by atoms with Crippen LogP contribution in [-0.2, 0) is 0 Å². The van der Waals surface area contributed by atoms with Crippen molar-refractivity contribution in [2.75, 3.05) is 26.1 Å². The molecular formula is C20H26ClN5OS. The van der Waals surface area contributed by atoms with Crippen LogP contribution in [0.3, 0.4) is 0 Å². The first-order valence-corrected chi connectivity index (χ1v) is 10.0. The second kappa shape index (κ2) is 14.8. The highest BCUT2D eigenvalue weighted by Gasteiger charge is 2.10. The van der Waals surface area contributed by atoms with Gasteiger partial charge in [0.15, 0.2) is 0 Å². The Morgan fingerprint density at radius 1 is 1.32 bits per heavy atom. The van der Waals surface area contributed by atoms with Crippen molar-refractivity contribution in [3.63, 3.8) is 0 Å². The molecule has 0 aliphatic carbocycles. The number of aliphatic imine (C=N–C) groups is 2. The van der Waals surface area contributed by atoms with E-state index < -0.39 is 0 Å². The molecule has 0 spiro atoms. The number of halogens is 1. The predicted molar refractivity (Wildman–Crippen MR) is 123 cm³/mol. The van der Waals surface area contributed by atoms with Crippen LogP contribution in [0, 0.1) is 0 Å². The van der Waals surface area contributed by atoms with Crippen LogP contribution in [0.15, 0.2) is 58.0 Å². The number of ether oxygens (including phenoxy) is 1. The zero-order chi connectivity index (χ0) is 20.6. The summed E-state index contributed by atoms with van der Waals surface area (Å²) in [5, 5.41) is 8.49. The topological polar surface area (TPSA) is 70.9 Å². The zero-order valence-electron chi connectivity index (χ0n) is 16.2. The van der Waals surface area contributed by atoms with Crippen molar-refractivity contribution in [2.24, 2.45) is 9.98 Å². The Kier molecular flexibility index (Phi) is 12.6. The maximum absolute atomic E-state index is 5.97. The first kappa shape index (κ1) is 23.8. The van der Waals surface area contributed by atoms with Crippen molar-refractivity contribution in [1.29, 1.82) is 0 Å². The SMILES string of the molecule is C=NCS/C=C(\N=C)c1cccnc1Oc1cccc(Cl)c1.CCNCNC. The lowest BCUT2D eigenvalue weighted by atomic mass is 10.2. The number of rotatable bonds is 10. The van der Waals surface area contributed by atoms with Crippen molar-refractivity contribution in [1.82, 2.24) is 15.6 Å². The Hall–Kier alpha value is -2.19. The van der Waals surface area contributed by atoms with E-state index in [1.807, 2.05) is 36.7 Å². The molecule has 0 atom stereocenters. The molecule has 6 nitrogen and oxygen atoms in total. The molecule has 8 heteroatoms. The number of nitrogens with zero attached hydrogens (tertiary/aromatic N) is 3. The van der Waals surface area contributed by atoms with Gasteiger partial charge in [-0.2, -0.15) is 0 Å². The molecule has 0 bridgehead atoms. The smallest absolute Gasteiger partial charge is 0.228 e. The third-order valence-corrected chi connectivity index (χ3v) is 4.10. The van der Waals surface area contributed by atoms with Crippen LogP contribution in [0.2, 0.25) is 5.02 Å². The molecule has 150 valence electrons. The van der Waals surface area contributed by atoms with Gasteiger partial charge in [-0.15, -0.1) is 11.8 Å². The number of hydrogen-bond acceptors (Lipinski definition) is 7. The largest absolute Gasteiger partial charge is 0.438 e. The maximum atomic E-state index is 5.97. The van der Waals surface area contributed by atoms with Crippen LogP contribution < -0.4 is 15.4 Å². The molecule has 1 heterocycles. The van der Waals surface area contributed by atoms with Gasteiger partial charge in [0.1, 0.15) is 5.75 Å². The van der Waals surface area contributed by atoms with E-state index in [0.29, 0.717) is 28.2 Å². The van der Waals surface area contributed by atoms with E-state index in [9.17, 15) is 0 Å². The van der Waals surface area contributed by atoms with Crippen molar-refractivity contribution < 1.29 is 4.74 Å². The fourth-order valence-corrected chi connectivity index (χ4v) is 2.63. The molecule has 2 N–H and O–H groups in total. The van der Waals surface area contributed by atoms with Crippen LogP contribution >= 0.6 is 23.4 Å². The van der Waals surface area contributed by atoms with Gasteiger partial charge in [0.25, 0.3) is 0 Å². The number of thioether (sulfide) groups is 1. The number of aromatic nitrogens is 1. The van der Waals surface area contributed by atoms with E-state index in [1.165, 1.54) is 11.8 Å². The summed E-state index contributed by atoms with van der Waals surface area (Å²) in [5.74, 6) is 1.59. The van der Waals surface area contributed by atoms with Crippen LogP contribution in [-0.4, -0.2) is 44.6 Å². The quantitative estimate of drug-likeness (QED) is 0.332. The van der Waals surface area contributed by atoms with Gasteiger partial charge in [-0.05, 0) is 62.8 Å². The molecule has 2 aromatic rings. The molecule has 0 unspecified atom stereocenters. The van der Waals surface area contributed by atoms with Gasteiger partial charge in [-0.3, -0.25) is 9.98 Å². The Morgan fingerprint density at radius 3 is 2.75 bits per heavy atom. The van der Waals surface area contributed by atoms with Gasteiger partial charge in [-0.1, -0.05) is 24.6 Å². The molecule has 0 saturated heterocycles. The van der Waals surface area contributed by atoms with Crippen molar-refractivity contribution in [3.05, 3.63) is 58.6 Å². The molecule has 28 heavy (non-hydrogen) atoms. The van der Waals surface area contributed by atoms with Gasteiger partial charge in [0.2, 0.25) is 5.88 Å². The second-order valence-corrected chi connectivity index (χ2v) is 6.49. The van der Waals surface area contributed by atoms with E-state index >= 15 is 0 Å². The molecule has 0 saturated carbocycles. The summed E-state index contributed by atoms with van der Waals surface area (Å²) >= 11 is 7.43. The average Bonchev–Trinajstić information content (AvgIpc) is 2.71. The van der Waals surface area contributed by atoms with Gasteiger partial charge >= 0.3 is 0 Å². The van der Waals surface area contributed by atoms with Crippen LogP contribution in [0.25, 0.3) is 5.70 Å². The zero-order valence-corrected chi connectivity index (χ0v) is 17.8. The monoisotopic (exact) mass is 419 g/mol. The second-order valence-electron chi connectivity index (χ2n) is 5.23. The molecule has 2 rings (SSSR count). The normalized spacial score (nSPS) is 10.6. The van der Waals surface area contributed by atoms with E-state index in [4.69, 9.17) is 16.3 Å². The Morgan fingerprint density at radius 2 is 2.14 bits per heavy atom. The molecule has 1 aromatic heterocycles. The average molecular weight is 420 g/mol. The molecular weight excluding hydrogens is 394 g/mol. The highest BCUT2D eigenvalue weighted by Crippen LogP contribution is 2.30. The summed E-state index contributed by atoms with van der Waals surface area (Å²) < 4.78 is 5.81. The first-order valence-electron chi connectivity index (χ1n) is 8.61. The highest BCUT2D eigenvalue weighted by molar-refractivity contribution is 8.02. The van der Waals surface area contributed by atoms with Gasteiger partial charge in [-0.25, -0.2) is 4.98 Å². The lowest BCUT2D eigenvalue weighted by molar-refractivity contribution is 0.461. The van der Waals surface area contributed by atoms with E-state index in [2.05, 4.69) is 46.0 Å². The predicted octanol–water partition coefficient (Wildman–Crippen LogP) is 4.69. The van der Waals surface area contributed by atoms with Crippen LogP contribution in [0.1, 0.15) is 12.5 Å². The standard InChI is InChI=1S/C16H14ClN3OS.C4H12N2/c1-18-11-22-10-15(19-2)14-7-4-8-20-16(14)21-13-6-3-5-12(17)9-13;1-3-6-4-5-2/h3-10H,1-2,11H2;5-6H,3-4H2,1-2H3/b15-10-;. The van der Waals surface area contributed by atoms with Crippen LogP contribution in [0.4, 0.5) is 0 Å². The minimum atomic E-state index is 0.440. The summed E-state index contributed by atoms with van der Waals surface area (Å²) in [6.07, 6.45) is 1.66. The fourth-order valence-electron chi connectivity index (χ4n) is 1.91. The number of pyridine rings is 1. The van der Waals surface area contributed by atoms with Crippen LogP contribution in [0.5, 0.6) is 11.6 Å². The van der Waals surface area contributed by atoms with Crippen molar-refractivity contribution in [2.45, 2.75) is 6.92 Å². The summed E-state index contributed by atoms with van der Waals surface area (Å²) in [6, 6.07) is 10.8. The van der Waals surface area contributed by atoms with Crippen molar-refractivity contribution in [3.8, 4) is 11.6 Å². The highest BCUT2D eigenvalue weighted by atomic mass is 35.5. The third-order valence-electron chi connectivity index (χ3n) is 3.14. The third kappa shape index (κ3) is 9.14. The molecule has 1 aromatic carbocycles. The van der Waals surface area contributed by atoms with E-state index in [0.717, 1.165) is 18.8 Å². The van der Waals surface area contributed by atoms with Gasteiger partial charge in [0, 0.05) is 17.9 Å². The summed E-state index contributed by atoms with van der Waals surface area (Å²) in [5.41, 5.74) is 1.41. The Bertz CT molecular complexity index is 766. The summed E-state index contributed by atoms with van der Waals surface area (Å²) in [6.45, 7) is 11.1. The van der Waals surface area contributed by atoms with Gasteiger partial charge < -0.3 is 15.4 Å². The minimum Gasteiger partial charge on any atom is -0.438 e. The molecule has 0 radical (unpaired) electrons. The summed E-state index contributed by atoms with van der Waals surface area (Å²) in [7, 11) is 1.92. The Balaban J connectivity index is 0.000000568. The lowest BCUT2D eigenvalue weighted by Crippen LogP contribution is -2.24. The van der Waals surface area contributed by atoms with E-state index in [-0.39, 0.29) is 0 Å². The molecule has 0 aliphatic heterocycles. The lowest BCUT2D eigenvalue weighted by Gasteiger charge is -2.10. The van der Waals surface area contributed by atoms with E-state index in [1.54, 1.807) is 18.3 Å². The molecule has 0 fully saturated rings. The minimum absolute atomic E-state index is 0.440. The molecule has 0 amide bonds. The number of benzene rings is 1. The fraction of sp³-hybridized carbons (Fsp3) is 0.250. The van der Waals surface area contributed by atoms with Crippen molar-refractivity contribution >= 4 is 42.5 Å². The first-order chi connectivity index (χ1) is 13.7. The summed E-state index contributed by atoms with van der Waals surface area (Å²) in [4.78, 5) is 12.1.